The Morgan fingerprint density at radius 3 is 2.59 bits per heavy atom. The van der Waals surface area contributed by atoms with E-state index in [1.54, 1.807) is 6.20 Å². The Labute approximate surface area is 108 Å². The number of hydrogen-bond acceptors (Lipinski definition) is 3. The van der Waals surface area contributed by atoms with E-state index >= 15 is 0 Å². The first-order chi connectivity index (χ1) is 7.81. The van der Waals surface area contributed by atoms with Crippen LogP contribution in [0.5, 0.6) is 0 Å². The van der Waals surface area contributed by atoms with Crippen molar-refractivity contribution in [3.63, 3.8) is 0 Å². The van der Waals surface area contributed by atoms with Crippen LogP contribution in [-0.4, -0.2) is 22.0 Å². The Balaban J connectivity index is 3.11. The van der Waals surface area contributed by atoms with Crippen molar-refractivity contribution < 1.29 is 4.74 Å². The second kappa shape index (κ2) is 5.38. The standard InChI is InChI=1S/C12H22ClN3O/c1-6-17-12(4,5)11(14)10-9(13)7-15-16(10)8(2)3/h7-8,11H,6,14H2,1-5H3. The van der Waals surface area contributed by atoms with Crippen LogP contribution in [0.3, 0.4) is 0 Å². The van der Waals surface area contributed by atoms with E-state index < -0.39 is 5.60 Å². The first-order valence-electron chi connectivity index (χ1n) is 5.93. The third-order valence-corrected chi connectivity index (χ3v) is 3.13. The largest absolute Gasteiger partial charge is 0.374 e. The van der Waals surface area contributed by atoms with E-state index in [0.717, 1.165) is 5.69 Å². The van der Waals surface area contributed by atoms with Crippen LogP contribution in [0.4, 0.5) is 0 Å². The van der Waals surface area contributed by atoms with E-state index in [-0.39, 0.29) is 12.1 Å². The highest BCUT2D eigenvalue weighted by Crippen LogP contribution is 2.32. The van der Waals surface area contributed by atoms with Gasteiger partial charge >= 0.3 is 0 Å². The molecule has 1 aromatic heterocycles. The SMILES string of the molecule is CCOC(C)(C)C(N)c1c(Cl)cnn1C(C)C. The molecule has 0 amide bonds. The molecule has 0 aliphatic carbocycles. The number of rotatable bonds is 5. The van der Waals surface area contributed by atoms with Crippen LogP contribution in [0, 0.1) is 0 Å². The number of nitrogens with zero attached hydrogens (tertiary/aromatic N) is 2. The van der Waals surface area contributed by atoms with E-state index in [4.69, 9.17) is 22.1 Å². The zero-order chi connectivity index (χ0) is 13.2. The van der Waals surface area contributed by atoms with E-state index in [1.807, 2.05) is 39.3 Å². The van der Waals surface area contributed by atoms with Gasteiger partial charge in [0.2, 0.25) is 0 Å². The van der Waals surface area contributed by atoms with Crippen molar-refractivity contribution in [2.24, 2.45) is 5.73 Å². The maximum absolute atomic E-state index is 6.27. The third-order valence-electron chi connectivity index (χ3n) is 2.84. The van der Waals surface area contributed by atoms with Gasteiger partial charge in [-0.1, -0.05) is 11.6 Å². The molecule has 0 spiro atoms. The maximum Gasteiger partial charge on any atom is 0.0835 e. The molecule has 4 nitrogen and oxygen atoms in total. The highest BCUT2D eigenvalue weighted by molar-refractivity contribution is 6.31. The topological polar surface area (TPSA) is 53.1 Å². The number of nitrogens with two attached hydrogens (primary N) is 1. The number of ether oxygens (including phenoxy) is 1. The zero-order valence-corrected chi connectivity index (χ0v) is 12.0. The summed E-state index contributed by atoms with van der Waals surface area (Å²) in [6.07, 6.45) is 1.64. The van der Waals surface area contributed by atoms with E-state index in [9.17, 15) is 0 Å². The van der Waals surface area contributed by atoms with Gasteiger partial charge in [0.25, 0.3) is 0 Å². The monoisotopic (exact) mass is 259 g/mol. The molecule has 0 aliphatic heterocycles. The lowest BCUT2D eigenvalue weighted by Crippen LogP contribution is -2.39. The van der Waals surface area contributed by atoms with Crippen LogP contribution < -0.4 is 5.73 Å². The highest BCUT2D eigenvalue weighted by atomic mass is 35.5. The van der Waals surface area contributed by atoms with Gasteiger partial charge in [-0.2, -0.15) is 5.10 Å². The van der Waals surface area contributed by atoms with Crippen LogP contribution in [0.25, 0.3) is 0 Å². The second-order valence-electron chi connectivity index (χ2n) is 4.93. The summed E-state index contributed by atoms with van der Waals surface area (Å²) in [5.41, 5.74) is 6.64. The quantitative estimate of drug-likeness (QED) is 0.885. The fraction of sp³-hybridized carbons (Fsp3) is 0.750. The minimum atomic E-state index is -0.467. The summed E-state index contributed by atoms with van der Waals surface area (Å²) in [7, 11) is 0. The van der Waals surface area contributed by atoms with Gasteiger partial charge < -0.3 is 10.5 Å². The van der Waals surface area contributed by atoms with Crippen molar-refractivity contribution >= 4 is 11.6 Å². The predicted octanol–water partition coefficient (Wildman–Crippen LogP) is 2.93. The molecule has 1 heterocycles. The molecular weight excluding hydrogens is 238 g/mol. The average molecular weight is 260 g/mol. The van der Waals surface area contributed by atoms with E-state index in [0.29, 0.717) is 11.6 Å². The van der Waals surface area contributed by atoms with Crippen molar-refractivity contribution in [2.45, 2.75) is 52.3 Å². The lowest BCUT2D eigenvalue weighted by molar-refractivity contribution is -0.0317. The maximum atomic E-state index is 6.27. The number of aromatic nitrogens is 2. The Morgan fingerprint density at radius 1 is 1.53 bits per heavy atom. The van der Waals surface area contributed by atoms with Crippen LogP contribution in [0.1, 0.15) is 52.4 Å². The molecule has 17 heavy (non-hydrogen) atoms. The minimum Gasteiger partial charge on any atom is -0.374 e. The molecule has 1 unspecified atom stereocenters. The summed E-state index contributed by atoms with van der Waals surface area (Å²) in [4.78, 5) is 0. The molecule has 1 aromatic rings. The fourth-order valence-electron chi connectivity index (χ4n) is 1.84. The van der Waals surface area contributed by atoms with Crippen molar-refractivity contribution in [3.05, 3.63) is 16.9 Å². The summed E-state index contributed by atoms with van der Waals surface area (Å²) in [6, 6.07) is -0.0826. The Morgan fingerprint density at radius 2 is 2.12 bits per heavy atom. The van der Waals surface area contributed by atoms with Gasteiger partial charge in [0, 0.05) is 12.6 Å². The third kappa shape index (κ3) is 3.00. The molecule has 0 bridgehead atoms. The van der Waals surface area contributed by atoms with Gasteiger partial charge in [-0.15, -0.1) is 0 Å². The molecule has 0 saturated heterocycles. The van der Waals surface area contributed by atoms with Crippen LogP contribution in [-0.2, 0) is 4.74 Å². The van der Waals surface area contributed by atoms with Crippen LogP contribution in [0.2, 0.25) is 5.02 Å². The molecule has 98 valence electrons. The fourth-order valence-corrected chi connectivity index (χ4v) is 2.09. The van der Waals surface area contributed by atoms with Gasteiger partial charge in [-0.25, -0.2) is 0 Å². The van der Waals surface area contributed by atoms with Crippen molar-refractivity contribution in [1.82, 2.24) is 9.78 Å². The molecule has 0 aromatic carbocycles. The number of halogens is 1. The van der Waals surface area contributed by atoms with Crippen LogP contribution >= 0.6 is 11.6 Å². The Hall–Kier alpha value is -0.580. The van der Waals surface area contributed by atoms with Gasteiger partial charge in [-0.3, -0.25) is 4.68 Å². The molecule has 0 saturated carbocycles. The Bertz CT molecular complexity index is 374. The first kappa shape index (κ1) is 14.5. The smallest absolute Gasteiger partial charge is 0.0835 e. The normalized spacial score (nSPS) is 14.4. The van der Waals surface area contributed by atoms with Crippen molar-refractivity contribution in [3.8, 4) is 0 Å². The van der Waals surface area contributed by atoms with Gasteiger partial charge in [0.1, 0.15) is 0 Å². The lowest BCUT2D eigenvalue weighted by atomic mass is 9.96. The predicted molar refractivity (Wildman–Crippen MR) is 70.3 cm³/mol. The highest BCUT2D eigenvalue weighted by Gasteiger charge is 2.33. The molecule has 2 N–H and O–H groups in total. The van der Waals surface area contributed by atoms with Gasteiger partial charge in [0.15, 0.2) is 0 Å². The molecule has 0 fully saturated rings. The molecule has 1 rings (SSSR count). The van der Waals surface area contributed by atoms with E-state index in [1.165, 1.54) is 0 Å². The van der Waals surface area contributed by atoms with Gasteiger partial charge in [0.05, 0.1) is 28.6 Å². The Kier molecular flexibility index (Phi) is 4.58. The van der Waals surface area contributed by atoms with Gasteiger partial charge in [-0.05, 0) is 34.6 Å². The minimum absolute atomic E-state index is 0.223. The summed E-state index contributed by atoms with van der Waals surface area (Å²) in [6.45, 7) is 10.6. The summed E-state index contributed by atoms with van der Waals surface area (Å²) < 4.78 is 7.53. The summed E-state index contributed by atoms with van der Waals surface area (Å²) in [5, 5.41) is 4.86. The summed E-state index contributed by atoms with van der Waals surface area (Å²) in [5.74, 6) is 0. The zero-order valence-electron chi connectivity index (χ0n) is 11.2. The van der Waals surface area contributed by atoms with Crippen molar-refractivity contribution in [1.29, 1.82) is 0 Å². The summed E-state index contributed by atoms with van der Waals surface area (Å²) >= 11 is 6.17. The van der Waals surface area contributed by atoms with Crippen molar-refractivity contribution in [2.75, 3.05) is 6.61 Å². The van der Waals surface area contributed by atoms with Crippen LogP contribution in [0.15, 0.2) is 6.20 Å². The molecule has 5 heteroatoms. The lowest BCUT2D eigenvalue weighted by Gasteiger charge is -2.32. The number of hydrogen-bond donors (Lipinski definition) is 1. The molecule has 0 radical (unpaired) electrons. The second-order valence-corrected chi connectivity index (χ2v) is 5.34. The molecular formula is C12H22ClN3O. The molecule has 0 aliphatic rings. The average Bonchev–Trinajstić information content (AvgIpc) is 2.58. The first-order valence-corrected chi connectivity index (χ1v) is 6.31. The van der Waals surface area contributed by atoms with E-state index in [2.05, 4.69) is 5.10 Å². The molecule has 1 atom stereocenters.